The number of hydrogen-bond acceptors (Lipinski definition) is 6. The van der Waals surface area contributed by atoms with Crippen LogP contribution in [-0.2, 0) is 10.8 Å². The topological polar surface area (TPSA) is 99.4 Å². The van der Waals surface area contributed by atoms with Crippen molar-refractivity contribution in [1.82, 2.24) is 0 Å². The molecule has 0 aliphatic heterocycles. The minimum atomic E-state index is -2.63. The van der Waals surface area contributed by atoms with Gasteiger partial charge in [-0.3, -0.25) is 0 Å². The van der Waals surface area contributed by atoms with Gasteiger partial charge in [0, 0.05) is 28.2 Å². The van der Waals surface area contributed by atoms with Crippen molar-refractivity contribution in [2.24, 2.45) is 0 Å². The van der Waals surface area contributed by atoms with E-state index in [-0.39, 0.29) is 16.7 Å². The van der Waals surface area contributed by atoms with E-state index in [0.717, 1.165) is 46.2 Å². The highest BCUT2D eigenvalue weighted by Crippen LogP contribution is 2.51. The first-order valence-corrected chi connectivity index (χ1v) is 13.9. The first kappa shape index (κ1) is 29.0. The third-order valence-electron chi connectivity index (χ3n) is 6.06. The summed E-state index contributed by atoms with van der Waals surface area (Å²) in [4.78, 5) is 39.5. The SMILES string of the molecule is CCCC(c1c(C)ccc(C(C)(C)C)c1OP(O)O)c1c(C)ccc(C(C)(C)C)c1OP(O)O. The highest BCUT2D eigenvalue weighted by atomic mass is 31.2. The van der Waals surface area contributed by atoms with Crippen LogP contribution in [0.25, 0.3) is 0 Å². The number of hydrogen-bond donors (Lipinski definition) is 4. The Bertz CT molecular complexity index is 913. The van der Waals surface area contributed by atoms with E-state index in [0.29, 0.717) is 11.5 Å². The zero-order valence-corrected chi connectivity index (χ0v) is 23.6. The highest BCUT2D eigenvalue weighted by Gasteiger charge is 2.33. The summed E-state index contributed by atoms with van der Waals surface area (Å²) in [6.07, 6.45) is 1.58. The molecule has 0 spiro atoms. The third-order valence-corrected chi connectivity index (χ3v) is 6.76. The summed E-state index contributed by atoms with van der Waals surface area (Å²) in [5.74, 6) is 0.733. The van der Waals surface area contributed by atoms with Crippen molar-refractivity contribution in [1.29, 1.82) is 0 Å². The molecule has 0 saturated heterocycles. The lowest BCUT2D eigenvalue weighted by Crippen LogP contribution is -2.18. The van der Waals surface area contributed by atoms with E-state index in [1.54, 1.807) is 0 Å². The number of rotatable bonds is 8. The van der Waals surface area contributed by atoms with Crippen molar-refractivity contribution < 1.29 is 28.6 Å². The van der Waals surface area contributed by atoms with Gasteiger partial charge in [-0.15, -0.1) is 0 Å². The average Bonchev–Trinajstić information content (AvgIpc) is 2.64. The fourth-order valence-corrected chi connectivity index (χ4v) is 5.24. The van der Waals surface area contributed by atoms with Crippen LogP contribution >= 0.6 is 17.2 Å². The van der Waals surface area contributed by atoms with Gasteiger partial charge in [0.2, 0.25) is 0 Å². The Morgan fingerprint density at radius 3 is 1.32 bits per heavy atom. The normalized spacial score (nSPS) is 12.7. The van der Waals surface area contributed by atoms with E-state index in [1.807, 2.05) is 38.1 Å². The average molecular weight is 511 g/mol. The molecule has 190 valence electrons. The Morgan fingerprint density at radius 1 is 0.706 bits per heavy atom. The minimum Gasteiger partial charge on any atom is -0.426 e. The summed E-state index contributed by atoms with van der Waals surface area (Å²) in [7, 11) is -5.27. The van der Waals surface area contributed by atoms with Crippen molar-refractivity contribution >= 4 is 17.2 Å². The molecule has 0 amide bonds. The van der Waals surface area contributed by atoms with Gasteiger partial charge >= 0.3 is 17.2 Å². The lowest BCUT2D eigenvalue weighted by atomic mass is 9.76. The molecule has 0 unspecified atom stereocenters. The Hall–Kier alpha value is -1.26. The third kappa shape index (κ3) is 6.69. The Balaban J connectivity index is 3.00. The van der Waals surface area contributed by atoms with Crippen LogP contribution in [0.15, 0.2) is 24.3 Å². The van der Waals surface area contributed by atoms with Crippen LogP contribution < -0.4 is 9.05 Å². The monoisotopic (exact) mass is 510 g/mol. The quantitative estimate of drug-likeness (QED) is 0.285. The fourth-order valence-electron chi connectivity index (χ4n) is 4.52. The first-order valence-electron chi connectivity index (χ1n) is 11.6. The molecule has 0 atom stereocenters. The number of aryl methyl sites for hydroxylation is 2. The summed E-state index contributed by atoms with van der Waals surface area (Å²) in [5, 5.41) is 0. The van der Waals surface area contributed by atoms with Crippen LogP contribution in [0.5, 0.6) is 11.5 Å². The fraction of sp³-hybridized carbons (Fsp3) is 0.538. The van der Waals surface area contributed by atoms with Crippen LogP contribution in [0.1, 0.15) is 101 Å². The van der Waals surface area contributed by atoms with E-state index < -0.39 is 17.2 Å². The van der Waals surface area contributed by atoms with Gasteiger partial charge < -0.3 is 28.6 Å². The molecule has 2 rings (SSSR count). The van der Waals surface area contributed by atoms with Gasteiger partial charge in [-0.1, -0.05) is 79.2 Å². The van der Waals surface area contributed by atoms with Gasteiger partial charge in [-0.05, 0) is 42.2 Å². The first-order chi connectivity index (χ1) is 15.6. The van der Waals surface area contributed by atoms with Crippen LogP contribution in [0.3, 0.4) is 0 Å². The molecule has 6 nitrogen and oxygen atoms in total. The summed E-state index contributed by atoms with van der Waals surface area (Å²) in [6.45, 7) is 18.4. The van der Waals surface area contributed by atoms with E-state index in [2.05, 4.69) is 48.5 Å². The summed E-state index contributed by atoms with van der Waals surface area (Å²) in [5.41, 5.74) is 4.80. The Labute approximate surface area is 207 Å². The largest absolute Gasteiger partial charge is 0.426 e. The van der Waals surface area contributed by atoms with Gasteiger partial charge in [0.15, 0.2) is 0 Å². The maximum atomic E-state index is 9.88. The molecule has 0 bridgehead atoms. The Morgan fingerprint density at radius 2 is 1.06 bits per heavy atom. The molecule has 0 aromatic heterocycles. The molecule has 34 heavy (non-hydrogen) atoms. The molecular formula is C26H40O6P2. The van der Waals surface area contributed by atoms with Crippen LogP contribution in [0.2, 0.25) is 0 Å². The van der Waals surface area contributed by atoms with Crippen molar-refractivity contribution in [2.45, 2.75) is 91.9 Å². The summed E-state index contributed by atoms with van der Waals surface area (Å²) in [6, 6.07) is 8.03. The van der Waals surface area contributed by atoms with E-state index in [1.165, 1.54) is 0 Å². The highest BCUT2D eigenvalue weighted by molar-refractivity contribution is 7.40. The smallest absolute Gasteiger partial charge is 0.391 e. The van der Waals surface area contributed by atoms with Crippen molar-refractivity contribution in [3.8, 4) is 11.5 Å². The van der Waals surface area contributed by atoms with Gasteiger partial charge in [0.05, 0.1) is 0 Å². The molecule has 0 aliphatic rings. The molecule has 2 aromatic rings. The molecule has 2 aromatic carbocycles. The molecule has 0 radical (unpaired) electrons. The number of benzene rings is 2. The molecule has 4 N–H and O–H groups in total. The van der Waals surface area contributed by atoms with E-state index in [9.17, 15) is 19.6 Å². The molecule has 0 aliphatic carbocycles. The summed E-state index contributed by atoms with van der Waals surface area (Å²) < 4.78 is 11.5. The second-order valence-electron chi connectivity index (χ2n) is 10.9. The van der Waals surface area contributed by atoms with E-state index >= 15 is 0 Å². The zero-order valence-electron chi connectivity index (χ0n) is 21.8. The molecular weight excluding hydrogens is 470 g/mol. The molecule has 0 saturated carbocycles. The predicted molar refractivity (Wildman–Crippen MR) is 140 cm³/mol. The van der Waals surface area contributed by atoms with Gasteiger partial charge in [-0.25, -0.2) is 0 Å². The van der Waals surface area contributed by atoms with Crippen molar-refractivity contribution in [3.63, 3.8) is 0 Å². The molecule has 0 heterocycles. The second-order valence-corrected chi connectivity index (χ2v) is 12.3. The predicted octanol–water partition coefficient (Wildman–Crippen LogP) is 7.01. The maximum absolute atomic E-state index is 9.88. The molecule has 0 fully saturated rings. The van der Waals surface area contributed by atoms with Crippen LogP contribution in [0, 0.1) is 13.8 Å². The van der Waals surface area contributed by atoms with Gasteiger partial charge in [0.25, 0.3) is 0 Å². The lowest BCUT2D eigenvalue weighted by Gasteiger charge is -2.32. The van der Waals surface area contributed by atoms with Crippen LogP contribution in [0.4, 0.5) is 0 Å². The lowest BCUT2D eigenvalue weighted by molar-refractivity contribution is 0.364. The Kier molecular flexibility index (Phi) is 9.55. The summed E-state index contributed by atoms with van der Waals surface area (Å²) >= 11 is 0. The van der Waals surface area contributed by atoms with Crippen molar-refractivity contribution in [3.05, 3.63) is 57.6 Å². The second kappa shape index (κ2) is 11.2. The van der Waals surface area contributed by atoms with Gasteiger partial charge in [-0.2, -0.15) is 0 Å². The molecule has 8 heteroatoms. The van der Waals surface area contributed by atoms with Crippen molar-refractivity contribution in [2.75, 3.05) is 0 Å². The van der Waals surface area contributed by atoms with Gasteiger partial charge in [0.1, 0.15) is 11.5 Å². The van der Waals surface area contributed by atoms with Crippen LogP contribution in [-0.4, -0.2) is 19.6 Å². The maximum Gasteiger partial charge on any atom is 0.391 e. The standard InChI is InChI=1S/C26H40O6P2/c1-10-11-18(21-16(2)12-14-19(25(4,5)6)23(21)31-33(27)28)22-17(3)13-15-20(26(7,8)9)24(22)32-34(29)30/h12-15,18,27-30H,10-11H2,1-9H3. The minimum absolute atomic E-state index is 0.218. The zero-order chi connectivity index (χ0) is 26.0. The van der Waals surface area contributed by atoms with E-state index in [4.69, 9.17) is 9.05 Å².